The first kappa shape index (κ1) is 19.1. The van der Waals surface area contributed by atoms with Gasteiger partial charge in [-0.15, -0.1) is 0 Å². The maximum atomic E-state index is 13.8. The van der Waals surface area contributed by atoms with Gasteiger partial charge in [-0.1, -0.05) is 50.2 Å². The zero-order valence-corrected chi connectivity index (χ0v) is 14.6. The molecule has 134 valence electrons. The molecule has 2 rings (SSSR count). The van der Waals surface area contributed by atoms with E-state index in [0.29, 0.717) is 6.54 Å². The molecule has 0 heterocycles. The summed E-state index contributed by atoms with van der Waals surface area (Å²) < 4.78 is 27.5. The molecule has 5 heteroatoms. The molecule has 1 unspecified atom stereocenters. The average molecular weight is 346 g/mol. The molecule has 0 spiro atoms. The summed E-state index contributed by atoms with van der Waals surface area (Å²) in [6, 6.07) is 13.5. The van der Waals surface area contributed by atoms with E-state index in [2.05, 4.69) is 24.1 Å². The van der Waals surface area contributed by atoms with E-state index in [4.69, 9.17) is 0 Å². The highest BCUT2D eigenvalue weighted by molar-refractivity contribution is 5.94. The van der Waals surface area contributed by atoms with Crippen LogP contribution in [0, 0.1) is 11.6 Å². The van der Waals surface area contributed by atoms with E-state index in [1.165, 1.54) is 6.07 Å². The standard InChI is InChI=1S/C20H24F2N2O/c1-3-24(4-2)16(13-15-9-6-5-7-10-15)14-23-20(25)19-17(21)11-8-12-18(19)22/h5-12,16H,3-4,13-14H2,1-2H3,(H,23,25). The number of hydrogen-bond acceptors (Lipinski definition) is 2. The number of halogens is 2. The van der Waals surface area contributed by atoms with E-state index in [1.54, 1.807) is 0 Å². The third kappa shape index (κ3) is 5.10. The lowest BCUT2D eigenvalue weighted by Crippen LogP contribution is -2.45. The van der Waals surface area contributed by atoms with Gasteiger partial charge in [-0.3, -0.25) is 9.69 Å². The van der Waals surface area contributed by atoms with Gasteiger partial charge in [-0.25, -0.2) is 8.78 Å². The molecule has 0 saturated carbocycles. The van der Waals surface area contributed by atoms with Crippen molar-refractivity contribution in [3.05, 3.63) is 71.3 Å². The van der Waals surface area contributed by atoms with Crippen LogP contribution in [0.4, 0.5) is 8.78 Å². The highest BCUT2D eigenvalue weighted by atomic mass is 19.1. The van der Waals surface area contributed by atoms with Crippen molar-refractivity contribution < 1.29 is 13.6 Å². The van der Waals surface area contributed by atoms with E-state index in [-0.39, 0.29) is 6.04 Å². The van der Waals surface area contributed by atoms with Crippen molar-refractivity contribution in [3.63, 3.8) is 0 Å². The maximum Gasteiger partial charge on any atom is 0.257 e. The number of likely N-dealkylation sites (N-methyl/N-ethyl adjacent to an activating group) is 1. The van der Waals surface area contributed by atoms with Crippen molar-refractivity contribution >= 4 is 5.91 Å². The number of carbonyl (C=O) groups excluding carboxylic acids is 1. The van der Waals surface area contributed by atoms with E-state index in [1.807, 2.05) is 30.3 Å². The molecule has 2 aromatic rings. The first-order valence-corrected chi connectivity index (χ1v) is 8.57. The summed E-state index contributed by atoms with van der Waals surface area (Å²) in [5, 5.41) is 2.69. The summed E-state index contributed by atoms with van der Waals surface area (Å²) in [5.41, 5.74) is 0.631. The smallest absolute Gasteiger partial charge is 0.257 e. The summed E-state index contributed by atoms with van der Waals surface area (Å²) in [6.45, 7) is 6.10. The van der Waals surface area contributed by atoms with Crippen LogP contribution >= 0.6 is 0 Å². The first-order chi connectivity index (χ1) is 12.1. The second-order valence-electron chi connectivity index (χ2n) is 5.87. The Kier molecular flexibility index (Phi) is 7.07. The van der Waals surface area contributed by atoms with Gasteiger partial charge in [-0.05, 0) is 37.2 Å². The molecule has 1 amide bonds. The van der Waals surface area contributed by atoms with Crippen LogP contribution < -0.4 is 5.32 Å². The Bertz CT molecular complexity index is 667. The molecule has 0 aliphatic rings. The highest BCUT2D eigenvalue weighted by Gasteiger charge is 2.21. The number of benzene rings is 2. The van der Waals surface area contributed by atoms with Gasteiger partial charge in [-0.2, -0.15) is 0 Å². The Morgan fingerprint density at radius 2 is 1.60 bits per heavy atom. The molecule has 0 fully saturated rings. The van der Waals surface area contributed by atoms with Gasteiger partial charge in [0, 0.05) is 12.6 Å². The topological polar surface area (TPSA) is 32.3 Å². The lowest BCUT2D eigenvalue weighted by Gasteiger charge is -2.30. The van der Waals surface area contributed by atoms with E-state index >= 15 is 0 Å². The van der Waals surface area contributed by atoms with Crippen LogP contribution in [0.2, 0.25) is 0 Å². The predicted molar refractivity (Wildman–Crippen MR) is 95.5 cm³/mol. The van der Waals surface area contributed by atoms with E-state index in [0.717, 1.165) is 37.2 Å². The van der Waals surface area contributed by atoms with Gasteiger partial charge >= 0.3 is 0 Å². The molecular formula is C20H24F2N2O. The number of nitrogens with one attached hydrogen (secondary N) is 1. The van der Waals surface area contributed by atoms with Crippen molar-refractivity contribution in [2.45, 2.75) is 26.3 Å². The van der Waals surface area contributed by atoms with Crippen LogP contribution in [0.25, 0.3) is 0 Å². The molecule has 1 atom stereocenters. The quantitative estimate of drug-likeness (QED) is 0.791. The van der Waals surface area contributed by atoms with Crippen LogP contribution in [0.5, 0.6) is 0 Å². The highest BCUT2D eigenvalue weighted by Crippen LogP contribution is 2.13. The average Bonchev–Trinajstić information content (AvgIpc) is 2.61. The fourth-order valence-corrected chi connectivity index (χ4v) is 2.97. The normalized spacial score (nSPS) is 12.2. The largest absolute Gasteiger partial charge is 0.350 e. The van der Waals surface area contributed by atoms with Crippen LogP contribution in [0.15, 0.2) is 48.5 Å². The Labute approximate surface area is 147 Å². The number of amides is 1. The second kappa shape index (κ2) is 9.28. The minimum absolute atomic E-state index is 0.0520. The monoisotopic (exact) mass is 346 g/mol. The van der Waals surface area contributed by atoms with Gasteiger partial charge in [0.05, 0.1) is 0 Å². The minimum Gasteiger partial charge on any atom is -0.350 e. The summed E-state index contributed by atoms with van der Waals surface area (Å²) in [7, 11) is 0. The number of hydrogen-bond donors (Lipinski definition) is 1. The Hall–Kier alpha value is -2.27. The molecule has 0 aliphatic carbocycles. The molecule has 0 aliphatic heterocycles. The van der Waals surface area contributed by atoms with Crippen LogP contribution in [0.3, 0.4) is 0 Å². The van der Waals surface area contributed by atoms with Gasteiger partial charge < -0.3 is 5.32 Å². The number of carbonyl (C=O) groups is 1. The third-order valence-electron chi connectivity index (χ3n) is 4.33. The number of rotatable bonds is 8. The molecule has 0 radical (unpaired) electrons. The molecule has 2 aromatic carbocycles. The van der Waals surface area contributed by atoms with Crippen LogP contribution in [0.1, 0.15) is 29.8 Å². The van der Waals surface area contributed by atoms with Gasteiger partial charge in [0.15, 0.2) is 0 Å². The van der Waals surface area contributed by atoms with Crippen molar-refractivity contribution in [2.75, 3.05) is 19.6 Å². The molecule has 0 aromatic heterocycles. The Morgan fingerprint density at radius 3 is 2.16 bits per heavy atom. The minimum atomic E-state index is -0.847. The summed E-state index contributed by atoms with van der Waals surface area (Å²) >= 11 is 0. The summed E-state index contributed by atoms with van der Waals surface area (Å²) in [6.07, 6.45) is 0.753. The van der Waals surface area contributed by atoms with Crippen molar-refractivity contribution in [1.29, 1.82) is 0 Å². The number of nitrogens with zero attached hydrogens (tertiary/aromatic N) is 1. The SMILES string of the molecule is CCN(CC)C(CNC(=O)c1c(F)cccc1F)Cc1ccccc1. The van der Waals surface area contributed by atoms with Gasteiger partial charge in [0.1, 0.15) is 17.2 Å². The van der Waals surface area contributed by atoms with Crippen molar-refractivity contribution in [2.24, 2.45) is 0 Å². The van der Waals surface area contributed by atoms with Crippen molar-refractivity contribution in [1.82, 2.24) is 10.2 Å². The van der Waals surface area contributed by atoms with Gasteiger partial charge in [0.2, 0.25) is 0 Å². The van der Waals surface area contributed by atoms with E-state index < -0.39 is 23.1 Å². The van der Waals surface area contributed by atoms with Crippen LogP contribution in [-0.4, -0.2) is 36.5 Å². The summed E-state index contributed by atoms with van der Waals surface area (Å²) in [4.78, 5) is 14.5. The van der Waals surface area contributed by atoms with Crippen molar-refractivity contribution in [3.8, 4) is 0 Å². The third-order valence-corrected chi connectivity index (χ3v) is 4.33. The predicted octanol–water partition coefficient (Wildman–Crippen LogP) is 3.65. The van der Waals surface area contributed by atoms with E-state index in [9.17, 15) is 13.6 Å². The molecular weight excluding hydrogens is 322 g/mol. The second-order valence-corrected chi connectivity index (χ2v) is 5.87. The Morgan fingerprint density at radius 1 is 1.00 bits per heavy atom. The summed E-state index contributed by atoms with van der Waals surface area (Å²) in [5.74, 6) is -2.42. The first-order valence-electron chi connectivity index (χ1n) is 8.57. The zero-order valence-electron chi connectivity index (χ0n) is 14.6. The zero-order chi connectivity index (χ0) is 18.2. The lowest BCUT2D eigenvalue weighted by atomic mass is 10.0. The molecule has 0 bridgehead atoms. The lowest BCUT2D eigenvalue weighted by molar-refractivity contribution is 0.0926. The molecule has 1 N–H and O–H groups in total. The molecule has 0 saturated heterocycles. The Balaban J connectivity index is 2.10. The molecule has 25 heavy (non-hydrogen) atoms. The van der Waals surface area contributed by atoms with Crippen LogP contribution in [-0.2, 0) is 6.42 Å². The maximum absolute atomic E-state index is 13.8. The fourth-order valence-electron chi connectivity index (χ4n) is 2.97. The fraction of sp³-hybridized carbons (Fsp3) is 0.350. The molecule has 3 nitrogen and oxygen atoms in total. The van der Waals surface area contributed by atoms with Gasteiger partial charge in [0.25, 0.3) is 5.91 Å².